The molecule has 2 aliphatic rings. The van der Waals surface area contributed by atoms with Crippen molar-refractivity contribution in [2.45, 2.75) is 30.7 Å². The summed E-state index contributed by atoms with van der Waals surface area (Å²) >= 11 is -0.0178. The van der Waals surface area contributed by atoms with Crippen LogP contribution in [0.2, 0.25) is 4.82 Å². The first-order valence-electron chi connectivity index (χ1n) is 8.39. The van der Waals surface area contributed by atoms with Crippen LogP contribution in [0.1, 0.15) is 36.2 Å². The van der Waals surface area contributed by atoms with Gasteiger partial charge in [-0.25, -0.2) is 0 Å². The van der Waals surface area contributed by atoms with Crippen LogP contribution in [0.5, 0.6) is 0 Å². The van der Waals surface area contributed by atoms with Gasteiger partial charge in [0.25, 0.3) is 0 Å². The number of halogens is 1. The Labute approximate surface area is 157 Å². The van der Waals surface area contributed by atoms with E-state index in [1.807, 2.05) is 26.0 Å². The summed E-state index contributed by atoms with van der Waals surface area (Å²) < 4.78 is 20.5. The summed E-state index contributed by atoms with van der Waals surface area (Å²) in [5, 5.41) is 0. The second-order valence-corrected chi connectivity index (χ2v) is 9.66. The van der Waals surface area contributed by atoms with Gasteiger partial charge >= 0.3 is 157 Å². The van der Waals surface area contributed by atoms with Crippen LogP contribution in [-0.2, 0) is 9.53 Å². The van der Waals surface area contributed by atoms with E-state index in [1.165, 1.54) is 12.1 Å². The zero-order valence-corrected chi connectivity index (χ0v) is 16.1. The molecule has 132 valence electrons. The molecule has 0 aromatic heterocycles. The summed E-state index contributed by atoms with van der Waals surface area (Å²) in [5.74, 6) is -0.649. The fourth-order valence-electron chi connectivity index (χ4n) is 3.33. The first-order chi connectivity index (χ1) is 12.4. The van der Waals surface area contributed by atoms with Gasteiger partial charge in [-0.3, -0.25) is 0 Å². The van der Waals surface area contributed by atoms with Gasteiger partial charge in [0.15, 0.2) is 0 Å². The zero-order chi connectivity index (χ0) is 18.5. The number of allylic oxidation sites excluding steroid dienone is 1. The van der Waals surface area contributed by atoms with Crippen molar-refractivity contribution in [1.82, 2.24) is 0 Å². The predicted molar refractivity (Wildman–Crippen MR) is 98.0 cm³/mol. The van der Waals surface area contributed by atoms with Crippen molar-refractivity contribution in [2.24, 2.45) is 0 Å². The van der Waals surface area contributed by atoms with Gasteiger partial charge in [0.1, 0.15) is 0 Å². The molecular formula is C21H17FO3Se. The van der Waals surface area contributed by atoms with E-state index in [0.29, 0.717) is 28.9 Å². The number of carbonyl (C=O) groups is 2. The fraction of sp³-hybridized carbons (Fsp3) is 0.238. The van der Waals surface area contributed by atoms with Crippen LogP contribution < -0.4 is 4.46 Å². The van der Waals surface area contributed by atoms with Crippen molar-refractivity contribution in [3.8, 4) is 0 Å². The molecule has 0 bridgehead atoms. The molecule has 1 aliphatic carbocycles. The number of fused-ring (bicyclic) bond motifs is 2. The maximum atomic E-state index is 13.2. The van der Waals surface area contributed by atoms with Gasteiger partial charge in [-0.1, -0.05) is 0 Å². The van der Waals surface area contributed by atoms with Crippen molar-refractivity contribution < 1.29 is 18.7 Å². The average molecular weight is 415 g/mol. The minimum absolute atomic E-state index is 0.0178. The van der Waals surface area contributed by atoms with Crippen LogP contribution in [0, 0.1) is 5.82 Å². The molecule has 0 radical (unpaired) electrons. The molecule has 1 unspecified atom stereocenters. The van der Waals surface area contributed by atoms with Crippen LogP contribution in [0.3, 0.4) is 0 Å². The number of rotatable bonds is 2. The van der Waals surface area contributed by atoms with E-state index in [-0.39, 0.29) is 25.6 Å². The molecular weight excluding hydrogens is 398 g/mol. The number of ether oxygens (including phenoxy) is 1. The third-order valence-electron chi connectivity index (χ3n) is 4.79. The molecule has 1 aliphatic heterocycles. The molecule has 0 N–H and O–H groups in total. The van der Waals surface area contributed by atoms with E-state index in [4.69, 9.17) is 4.74 Å². The molecule has 2 aromatic carbocycles. The minimum atomic E-state index is -0.485. The van der Waals surface area contributed by atoms with Crippen molar-refractivity contribution in [1.29, 1.82) is 0 Å². The van der Waals surface area contributed by atoms with Gasteiger partial charge in [-0.2, -0.15) is 0 Å². The van der Waals surface area contributed by atoms with Crippen LogP contribution in [0.25, 0.3) is 5.76 Å². The number of hydrogen-bond donors (Lipinski definition) is 0. The molecule has 0 saturated carbocycles. The zero-order valence-electron chi connectivity index (χ0n) is 14.4. The Morgan fingerprint density at radius 1 is 1.00 bits per heavy atom. The number of hydrogen-bond acceptors (Lipinski definition) is 3. The topological polar surface area (TPSA) is 43.4 Å². The molecule has 4 rings (SSSR count). The molecule has 1 heterocycles. The average Bonchev–Trinajstić information content (AvgIpc) is 2.62. The summed E-state index contributed by atoms with van der Waals surface area (Å²) in [4.78, 5) is 25.2. The number of Topliss-reactive ketones (excluding diaryl/α,β-unsaturated/α-hetero) is 2. The Kier molecular flexibility index (Phi) is 4.09. The Bertz CT molecular complexity index is 944. The number of ketones is 2. The molecule has 1 atom stereocenters. The van der Waals surface area contributed by atoms with Crippen LogP contribution in [0.15, 0.2) is 54.1 Å². The van der Waals surface area contributed by atoms with E-state index in [0.717, 1.165) is 4.46 Å². The first-order valence-corrected chi connectivity index (χ1v) is 10.2. The first kappa shape index (κ1) is 17.2. The molecule has 0 spiro atoms. The molecule has 3 nitrogen and oxygen atoms in total. The molecule has 2 aromatic rings. The monoisotopic (exact) mass is 416 g/mol. The Balaban J connectivity index is 1.73. The van der Waals surface area contributed by atoms with Crippen molar-refractivity contribution in [3.63, 3.8) is 0 Å². The molecule has 0 amide bonds. The van der Waals surface area contributed by atoms with Crippen molar-refractivity contribution in [2.75, 3.05) is 0 Å². The van der Waals surface area contributed by atoms with Gasteiger partial charge in [0.2, 0.25) is 0 Å². The van der Waals surface area contributed by atoms with Crippen molar-refractivity contribution >= 4 is 36.7 Å². The van der Waals surface area contributed by atoms with E-state index in [9.17, 15) is 14.0 Å². The fourth-order valence-corrected chi connectivity index (χ4v) is 5.85. The normalized spacial score (nSPS) is 21.1. The second-order valence-electron chi connectivity index (χ2n) is 6.98. The van der Waals surface area contributed by atoms with Crippen LogP contribution in [-0.4, -0.2) is 32.1 Å². The Hall–Kier alpha value is -2.23. The van der Waals surface area contributed by atoms with E-state index >= 15 is 0 Å². The van der Waals surface area contributed by atoms with Gasteiger partial charge < -0.3 is 0 Å². The molecule has 0 fully saturated rings. The SMILES string of the molecule is CC1(C)OC2=C(CC1[Se]c1ccc(F)cc1)C(=O)C(=O)c1ccccc12. The second kappa shape index (κ2) is 6.18. The standard InChI is InChI=1S/C21H17FO3Se/c1-21(2)17(26-13-9-7-12(22)8-10-13)11-16-19(24)18(23)14-5-3-4-6-15(14)20(16)25-21/h3-10,17H,11H2,1-2H3. The third-order valence-corrected chi connectivity index (χ3v) is 8.07. The van der Waals surface area contributed by atoms with E-state index < -0.39 is 17.2 Å². The van der Waals surface area contributed by atoms with Gasteiger partial charge in [-0.05, 0) is 0 Å². The Morgan fingerprint density at radius 3 is 2.35 bits per heavy atom. The molecule has 5 heteroatoms. The van der Waals surface area contributed by atoms with Gasteiger partial charge in [0, 0.05) is 0 Å². The summed E-state index contributed by atoms with van der Waals surface area (Å²) in [5.41, 5.74) is 1.10. The summed E-state index contributed by atoms with van der Waals surface area (Å²) in [6.45, 7) is 4.02. The van der Waals surface area contributed by atoms with Gasteiger partial charge in [-0.15, -0.1) is 0 Å². The summed E-state index contributed by atoms with van der Waals surface area (Å²) in [6, 6.07) is 13.5. The summed E-state index contributed by atoms with van der Waals surface area (Å²) in [6.07, 6.45) is 0.499. The quantitative estimate of drug-likeness (QED) is 0.559. The van der Waals surface area contributed by atoms with E-state index in [1.54, 1.807) is 24.3 Å². The van der Waals surface area contributed by atoms with Crippen molar-refractivity contribution in [3.05, 3.63) is 71.0 Å². The van der Waals surface area contributed by atoms with Crippen LogP contribution >= 0.6 is 0 Å². The molecule has 0 saturated heterocycles. The van der Waals surface area contributed by atoms with Gasteiger partial charge in [0.05, 0.1) is 0 Å². The van der Waals surface area contributed by atoms with E-state index in [2.05, 4.69) is 0 Å². The maximum absolute atomic E-state index is 13.2. The molecule has 26 heavy (non-hydrogen) atoms. The number of carbonyl (C=O) groups excluding carboxylic acids is 2. The third kappa shape index (κ3) is 2.81. The predicted octanol–water partition coefficient (Wildman–Crippen LogP) is 3.32. The van der Waals surface area contributed by atoms with Crippen LogP contribution in [0.4, 0.5) is 4.39 Å². The Morgan fingerprint density at radius 2 is 1.65 bits per heavy atom. The summed E-state index contributed by atoms with van der Waals surface area (Å²) in [7, 11) is 0. The number of benzene rings is 2.